The van der Waals surface area contributed by atoms with Gasteiger partial charge in [-0.15, -0.1) is 0 Å². The zero-order valence-electron chi connectivity index (χ0n) is 11.9. The summed E-state index contributed by atoms with van der Waals surface area (Å²) in [5.74, 6) is 0.818. The third-order valence-electron chi connectivity index (χ3n) is 4.05. The van der Waals surface area contributed by atoms with Crippen LogP contribution < -0.4 is 10.3 Å². The number of pyridine rings is 1. The lowest BCUT2D eigenvalue weighted by Crippen LogP contribution is -2.19. The number of fused-ring (bicyclic) bond motifs is 1. The second-order valence-electron chi connectivity index (χ2n) is 5.58. The second-order valence-corrected chi connectivity index (χ2v) is 5.58. The summed E-state index contributed by atoms with van der Waals surface area (Å²) in [5, 5.41) is 1.03. The molecule has 0 spiro atoms. The summed E-state index contributed by atoms with van der Waals surface area (Å²) in [4.78, 5) is 15.3. The number of ether oxygens (including phenoxy) is 1. The van der Waals surface area contributed by atoms with Crippen LogP contribution in [0.4, 0.5) is 0 Å². The summed E-state index contributed by atoms with van der Waals surface area (Å²) >= 11 is 0. The van der Waals surface area contributed by atoms with Gasteiger partial charge in [-0.05, 0) is 44.2 Å². The molecule has 0 amide bonds. The minimum absolute atomic E-state index is 0.00135. The molecule has 0 aliphatic heterocycles. The highest BCUT2D eigenvalue weighted by Crippen LogP contribution is 2.31. The molecule has 1 heterocycles. The van der Waals surface area contributed by atoms with Crippen molar-refractivity contribution in [1.29, 1.82) is 0 Å². The van der Waals surface area contributed by atoms with Crippen molar-refractivity contribution in [2.24, 2.45) is 0 Å². The van der Waals surface area contributed by atoms with Crippen LogP contribution in [0.25, 0.3) is 10.9 Å². The van der Waals surface area contributed by atoms with Crippen LogP contribution in [-0.4, -0.2) is 11.1 Å². The third kappa shape index (κ3) is 2.45. The SMILES string of the molecule is CCCc1c(OC2CCCC2)c2ccccc2[nH]c1=O. The molecule has 0 saturated heterocycles. The average molecular weight is 271 g/mol. The molecular weight excluding hydrogens is 250 g/mol. The highest BCUT2D eigenvalue weighted by Gasteiger charge is 2.20. The Hall–Kier alpha value is -1.77. The summed E-state index contributed by atoms with van der Waals surface area (Å²) < 4.78 is 6.23. The van der Waals surface area contributed by atoms with Crippen molar-refractivity contribution in [3.8, 4) is 5.75 Å². The Kier molecular flexibility index (Phi) is 3.77. The van der Waals surface area contributed by atoms with Crippen molar-refractivity contribution in [1.82, 2.24) is 4.98 Å². The van der Waals surface area contributed by atoms with E-state index in [4.69, 9.17) is 4.74 Å². The van der Waals surface area contributed by atoms with Gasteiger partial charge in [-0.2, -0.15) is 0 Å². The molecule has 1 fully saturated rings. The van der Waals surface area contributed by atoms with Gasteiger partial charge in [0.1, 0.15) is 5.75 Å². The predicted octanol–water partition coefficient (Wildman–Crippen LogP) is 3.80. The molecule has 3 nitrogen and oxygen atoms in total. The standard InChI is InChI=1S/C17H21NO2/c1-2-7-14-16(20-12-8-3-4-9-12)13-10-5-6-11-15(13)18-17(14)19/h5-6,10-12H,2-4,7-9H2,1H3,(H,18,19). The Morgan fingerprint density at radius 3 is 2.75 bits per heavy atom. The van der Waals surface area contributed by atoms with Gasteiger partial charge < -0.3 is 9.72 Å². The summed E-state index contributed by atoms with van der Waals surface area (Å²) in [7, 11) is 0. The number of nitrogens with one attached hydrogen (secondary N) is 1. The van der Waals surface area contributed by atoms with Crippen molar-refractivity contribution in [2.75, 3.05) is 0 Å². The van der Waals surface area contributed by atoms with E-state index in [0.717, 1.165) is 47.9 Å². The van der Waals surface area contributed by atoms with Crippen molar-refractivity contribution in [3.05, 3.63) is 40.2 Å². The van der Waals surface area contributed by atoms with Gasteiger partial charge in [-0.25, -0.2) is 0 Å². The van der Waals surface area contributed by atoms with Gasteiger partial charge in [0.15, 0.2) is 0 Å². The number of hydrogen-bond acceptors (Lipinski definition) is 2. The predicted molar refractivity (Wildman–Crippen MR) is 81.4 cm³/mol. The number of benzene rings is 1. The van der Waals surface area contributed by atoms with Crippen LogP contribution in [0, 0.1) is 0 Å². The lowest BCUT2D eigenvalue weighted by Gasteiger charge is -2.18. The Labute approximate surface area is 119 Å². The van der Waals surface area contributed by atoms with E-state index in [0.29, 0.717) is 0 Å². The first kappa shape index (κ1) is 13.2. The zero-order chi connectivity index (χ0) is 13.9. The van der Waals surface area contributed by atoms with Crippen molar-refractivity contribution in [3.63, 3.8) is 0 Å². The van der Waals surface area contributed by atoms with E-state index < -0.39 is 0 Å². The minimum atomic E-state index is -0.00135. The lowest BCUT2D eigenvalue weighted by molar-refractivity contribution is 0.210. The number of aromatic nitrogens is 1. The Morgan fingerprint density at radius 2 is 2.00 bits per heavy atom. The number of para-hydroxylation sites is 1. The molecule has 1 aromatic carbocycles. The van der Waals surface area contributed by atoms with Gasteiger partial charge in [0.25, 0.3) is 5.56 Å². The summed E-state index contributed by atoms with van der Waals surface area (Å²) in [5.41, 5.74) is 1.67. The van der Waals surface area contributed by atoms with Gasteiger partial charge in [-0.3, -0.25) is 4.79 Å². The summed E-state index contributed by atoms with van der Waals surface area (Å²) in [6.07, 6.45) is 6.66. The maximum atomic E-state index is 12.3. The van der Waals surface area contributed by atoms with Crippen LogP contribution in [0.1, 0.15) is 44.6 Å². The van der Waals surface area contributed by atoms with Crippen LogP contribution in [0.2, 0.25) is 0 Å². The molecule has 0 unspecified atom stereocenters. The van der Waals surface area contributed by atoms with Gasteiger partial charge in [-0.1, -0.05) is 25.5 Å². The molecule has 3 heteroatoms. The Balaban J connectivity index is 2.12. The molecule has 2 aromatic rings. The molecule has 106 valence electrons. The summed E-state index contributed by atoms with van der Waals surface area (Å²) in [6.45, 7) is 2.09. The molecule has 1 aromatic heterocycles. The van der Waals surface area contributed by atoms with Crippen molar-refractivity contribution >= 4 is 10.9 Å². The quantitative estimate of drug-likeness (QED) is 0.919. The molecule has 1 N–H and O–H groups in total. The van der Waals surface area contributed by atoms with E-state index >= 15 is 0 Å². The Morgan fingerprint density at radius 1 is 1.25 bits per heavy atom. The van der Waals surface area contributed by atoms with Gasteiger partial charge in [0.05, 0.1) is 17.2 Å². The maximum absolute atomic E-state index is 12.3. The first-order valence-corrected chi connectivity index (χ1v) is 7.60. The topological polar surface area (TPSA) is 42.1 Å². The smallest absolute Gasteiger partial charge is 0.255 e. The van der Waals surface area contributed by atoms with Gasteiger partial charge in [0.2, 0.25) is 0 Å². The fourth-order valence-electron chi connectivity index (χ4n) is 3.04. The second kappa shape index (κ2) is 5.70. The fourth-order valence-corrected chi connectivity index (χ4v) is 3.04. The van der Waals surface area contributed by atoms with Crippen LogP contribution in [-0.2, 0) is 6.42 Å². The molecule has 1 aliphatic rings. The number of rotatable bonds is 4. The molecule has 1 aliphatic carbocycles. The molecule has 0 radical (unpaired) electrons. The molecule has 3 rings (SSSR count). The first-order chi connectivity index (χ1) is 9.79. The number of H-pyrrole nitrogens is 1. The van der Waals surface area contributed by atoms with E-state index in [9.17, 15) is 4.79 Å². The molecule has 1 saturated carbocycles. The van der Waals surface area contributed by atoms with Crippen molar-refractivity contribution < 1.29 is 4.74 Å². The number of hydrogen-bond donors (Lipinski definition) is 1. The normalized spacial score (nSPS) is 15.8. The monoisotopic (exact) mass is 271 g/mol. The van der Waals surface area contributed by atoms with E-state index in [2.05, 4.69) is 11.9 Å². The molecule has 0 bridgehead atoms. The maximum Gasteiger partial charge on any atom is 0.255 e. The summed E-state index contributed by atoms with van der Waals surface area (Å²) in [6, 6.07) is 7.91. The molecular formula is C17H21NO2. The fraction of sp³-hybridized carbons (Fsp3) is 0.471. The molecule has 0 atom stereocenters. The average Bonchev–Trinajstić information content (AvgIpc) is 2.95. The van der Waals surface area contributed by atoms with Crippen molar-refractivity contribution in [2.45, 2.75) is 51.6 Å². The zero-order valence-corrected chi connectivity index (χ0v) is 11.9. The largest absolute Gasteiger partial charge is 0.489 e. The third-order valence-corrected chi connectivity index (χ3v) is 4.05. The lowest BCUT2D eigenvalue weighted by atomic mass is 10.1. The van der Waals surface area contributed by atoms with E-state index in [1.54, 1.807) is 0 Å². The minimum Gasteiger partial charge on any atom is -0.489 e. The Bertz CT molecular complexity index is 654. The number of aromatic amines is 1. The van der Waals surface area contributed by atoms with E-state index in [-0.39, 0.29) is 11.7 Å². The van der Waals surface area contributed by atoms with Crippen LogP contribution in [0.15, 0.2) is 29.1 Å². The van der Waals surface area contributed by atoms with Crippen LogP contribution in [0.5, 0.6) is 5.75 Å². The van der Waals surface area contributed by atoms with Crippen LogP contribution >= 0.6 is 0 Å². The highest BCUT2D eigenvalue weighted by atomic mass is 16.5. The first-order valence-electron chi connectivity index (χ1n) is 7.60. The van der Waals surface area contributed by atoms with E-state index in [1.807, 2.05) is 24.3 Å². The molecule has 20 heavy (non-hydrogen) atoms. The van der Waals surface area contributed by atoms with Gasteiger partial charge >= 0.3 is 0 Å². The van der Waals surface area contributed by atoms with E-state index in [1.165, 1.54) is 12.8 Å². The van der Waals surface area contributed by atoms with Crippen LogP contribution in [0.3, 0.4) is 0 Å². The highest BCUT2D eigenvalue weighted by molar-refractivity contribution is 5.86. The van der Waals surface area contributed by atoms with Gasteiger partial charge in [0, 0.05) is 5.39 Å².